The van der Waals surface area contributed by atoms with Crippen LogP contribution in [0.5, 0.6) is 0 Å². The van der Waals surface area contributed by atoms with E-state index >= 15 is 0 Å². The predicted octanol–water partition coefficient (Wildman–Crippen LogP) is 2.76. The molecule has 1 atom stereocenters. The Morgan fingerprint density at radius 3 is 3.00 bits per heavy atom. The maximum absolute atomic E-state index is 12.5. The largest absolute Gasteiger partial charge is 0.399 e. The minimum absolute atomic E-state index is 0.220. The number of thioether (sulfide) groups is 1. The molecule has 0 radical (unpaired) electrons. The monoisotopic (exact) mass is 278 g/mol. The first-order chi connectivity index (χ1) is 9.20. The molecule has 1 aromatic rings. The van der Waals surface area contributed by atoms with Gasteiger partial charge < -0.3 is 10.6 Å². The van der Waals surface area contributed by atoms with Crippen molar-refractivity contribution in [2.24, 2.45) is 5.92 Å². The zero-order valence-corrected chi connectivity index (χ0v) is 12.3. The molecule has 1 aliphatic heterocycles. The van der Waals surface area contributed by atoms with E-state index in [2.05, 4.69) is 6.92 Å². The van der Waals surface area contributed by atoms with Crippen molar-refractivity contribution in [3.63, 3.8) is 0 Å². The average molecular weight is 278 g/mol. The summed E-state index contributed by atoms with van der Waals surface area (Å²) < 4.78 is 0. The summed E-state index contributed by atoms with van der Waals surface area (Å²) in [5.74, 6) is 2.64. The van der Waals surface area contributed by atoms with Crippen LogP contribution >= 0.6 is 11.8 Å². The number of carbonyl (C=O) groups is 1. The van der Waals surface area contributed by atoms with Crippen LogP contribution < -0.4 is 5.73 Å². The number of nitrogen functional groups attached to an aromatic ring is 1. The zero-order valence-electron chi connectivity index (χ0n) is 11.5. The molecule has 1 heterocycles. The molecule has 0 bridgehead atoms. The molecule has 0 saturated carbocycles. The molecule has 0 spiro atoms. The van der Waals surface area contributed by atoms with Crippen molar-refractivity contribution in [1.29, 1.82) is 0 Å². The second kappa shape index (κ2) is 6.85. The molecular formula is C15H22N2OS. The summed E-state index contributed by atoms with van der Waals surface area (Å²) in [6.07, 6.45) is 2.02. The van der Waals surface area contributed by atoms with E-state index in [-0.39, 0.29) is 5.92 Å². The number of hydrogen-bond donors (Lipinski definition) is 1. The van der Waals surface area contributed by atoms with Crippen LogP contribution in [0, 0.1) is 5.92 Å². The summed E-state index contributed by atoms with van der Waals surface area (Å²) in [4.78, 5) is 14.5. The van der Waals surface area contributed by atoms with Crippen molar-refractivity contribution in [2.75, 3.05) is 23.8 Å². The molecule has 1 unspecified atom stereocenters. The standard InChI is InChI=1S/C15H22N2OS/c1-2-7-17(15(18)13-6-8-19-11-13)10-12-4-3-5-14(16)9-12/h3-5,9,13H,2,6-8,10-11,16H2,1H3. The van der Waals surface area contributed by atoms with Crippen LogP contribution in [0.25, 0.3) is 0 Å². The fourth-order valence-electron chi connectivity index (χ4n) is 2.44. The molecule has 3 nitrogen and oxygen atoms in total. The number of carbonyl (C=O) groups excluding carboxylic acids is 1. The third-order valence-corrected chi connectivity index (χ3v) is 4.57. The van der Waals surface area contributed by atoms with Crippen molar-refractivity contribution >= 4 is 23.4 Å². The molecule has 1 fully saturated rings. The first kappa shape index (κ1) is 14.3. The van der Waals surface area contributed by atoms with Crippen molar-refractivity contribution in [1.82, 2.24) is 4.90 Å². The summed E-state index contributed by atoms with van der Waals surface area (Å²) in [5, 5.41) is 0. The number of rotatable bonds is 5. The van der Waals surface area contributed by atoms with Crippen molar-refractivity contribution in [3.8, 4) is 0 Å². The number of anilines is 1. The Hall–Kier alpha value is -1.16. The van der Waals surface area contributed by atoms with Crippen LogP contribution in [0.2, 0.25) is 0 Å². The van der Waals surface area contributed by atoms with E-state index in [0.29, 0.717) is 12.5 Å². The SMILES string of the molecule is CCCN(Cc1cccc(N)c1)C(=O)C1CCSC1. The molecule has 2 rings (SSSR count). The van der Waals surface area contributed by atoms with E-state index in [0.717, 1.165) is 42.1 Å². The summed E-state index contributed by atoms with van der Waals surface area (Å²) in [6.45, 7) is 3.62. The molecule has 1 aliphatic rings. The molecule has 1 saturated heterocycles. The maximum Gasteiger partial charge on any atom is 0.226 e. The second-order valence-corrected chi connectivity index (χ2v) is 6.22. The lowest BCUT2D eigenvalue weighted by molar-refractivity contribution is -0.135. The Bertz CT molecular complexity index is 430. The zero-order chi connectivity index (χ0) is 13.7. The van der Waals surface area contributed by atoms with Gasteiger partial charge >= 0.3 is 0 Å². The number of amides is 1. The van der Waals surface area contributed by atoms with E-state index in [1.165, 1.54) is 0 Å². The normalized spacial score (nSPS) is 18.5. The van der Waals surface area contributed by atoms with Gasteiger partial charge in [-0.1, -0.05) is 19.1 Å². The van der Waals surface area contributed by atoms with E-state index < -0.39 is 0 Å². The quantitative estimate of drug-likeness (QED) is 0.842. The average Bonchev–Trinajstić information content (AvgIpc) is 2.91. The molecular weight excluding hydrogens is 256 g/mol. The summed E-state index contributed by atoms with van der Waals surface area (Å²) in [5.41, 5.74) is 7.68. The first-order valence-electron chi connectivity index (χ1n) is 6.91. The molecule has 1 amide bonds. The van der Waals surface area contributed by atoms with E-state index in [9.17, 15) is 4.79 Å². The first-order valence-corrected chi connectivity index (χ1v) is 8.07. The van der Waals surface area contributed by atoms with Crippen LogP contribution in [0.1, 0.15) is 25.3 Å². The Balaban J connectivity index is 2.04. The van der Waals surface area contributed by atoms with Gasteiger partial charge in [0, 0.05) is 30.4 Å². The van der Waals surface area contributed by atoms with Gasteiger partial charge in [0.1, 0.15) is 0 Å². The fraction of sp³-hybridized carbons (Fsp3) is 0.533. The molecule has 0 aromatic heterocycles. The van der Waals surface area contributed by atoms with Gasteiger partial charge in [-0.15, -0.1) is 0 Å². The summed E-state index contributed by atoms with van der Waals surface area (Å²) >= 11 is 1.89. The number of hydrogen-bond acceptors (Lipinski definition) is 3. The lowest BCUT2D eigenvalue weighted by Gasteiger charge is -2.25. The topological polar surface area (TPSA) is 46.3 Å². The number of nitrogens with two attached hydrogens (primary N) is 1. The highest BCUT2D eigenvalue weighted by molar-refractivity contribution is 7.99. The van der Waals surface area contributed by atoms with Crippen LogP contribution in [-0.2, 0) is 11.3 Å². The fourth-order valence-corrected chi connectivity index (χ4v) is 3.65. The van der Waals surface area contributed by atoms with Crippen LogP contribution in [0.3, 0.4) is 0 Å². The van der Waals surface area contributed by atoms with Gasteiger partial charge in [0.05, 0.1) is 0 Å². The molecule has 2 N–H and O–H groups in total. The Labute approximate surface area is 119 Å². The minimum Gasteiger partial charge on any atom is -0.399 e. The van der Waals surface area contributed by atoms with E-state index in [1.54, 1.807) is 0 Å². The smallest absolute Gasteiger partial charge is 0.226 e. The van der Waals surface area contributed by atoms with Gasteiger partial charge in [-0.05, 0) is 36.3 Å². The lowest BCUT2D eigenvalue weighted by atomic mass is 10.1. The van der Waals surface area contributed by atoms with Gasteiger partial charge in [0.25, 0.3) is 0 Å². The predicted molar refractivity (Wildman–Crippen MR) is 82.0 cm³/mol. The van der Waals surface area contributed by atoms with E-state index in [1.807, 2.05) is 40.9 Å². The van der Waals surface area contributed by atoms with Crippen molar-refractivity contribution < 1.29 is 4.79 Å². The van der Waals surface area contributed by atoms with E-state index in [4.69, 9.17) is 5.73 Å². The molecule has 19 heavy (non-hydrogen) atoms. The third-order valence-electron chi connectivity index (χ3n) is 3.41. The highest BCUT2D eigenvalue weighted by Gasteiger charge is 2.27. The Morgan fingerprint density at radius 2 is 2.37 bits per heavy atom. The van der Waals surface area contributed by atoms with Gasteiger partial charge in [-0.3, -0.25) is 4.79 Å². The number of nitrogens with zero attached hydrogens (tertiary/aromatic N) is 1. The second-order valence-electron chi connectivity index (χ2n) is 5.07. The molecule has 0 aliphatic carbocycles. The van der Waals surface area contributed by atoms with Gasteiger partial charge in [0.15, 0.2) is 0 Å². The van der Waals surface area contributed by atoms with Crippen LogP contribution in [-0.4, -0.2) is 28.9 Å². The van der Waals surface area contributed by atoms with Crippen LogP contribution in [0.15, 0.2) is 24.3 Å². The van der Waals surface area contributed by atoms with Gasteiger partial charge in [-0.25, -0.2) is 0 Å². The maximum atomic E-state index is 12.5. The van der Waals surface area contributed by atoms with Gasteiger partial charge in [0.2, 0.25) is 5.91 Å². The Morgan fingerprint density at radius 1 is 1.53 bits per heavy atom. The number of benzene rings is 1. The van der Waals surface area contributed by atoms with Gasteiger partial charge in [-0.2, -0.15) is 11.8 Å². The molecule has 104 valence electrons. The highest BCUT2D eigenvalue weighted by Crippen LogP contribution is 2.26. The molecule has 1 aromatic carbocycles. The third kappa shape index (κ3) is 3.90. The minimum atomic E-state index is 0.220. The summed E-state index contributed by atoms with van der Waals surface area (Å²) in [6, 6.07) is 7.82. The van der Waals surface area contributed by atoms with Crippen molar-refractivity contribution in [3.05, 3.63) is 29.8 Å². The Kier molecular flexibility index (Phi) is 5.14. The van der Waals surface area contributed by atoms with Crippen molar-refractivity contribution in [2.45, 2.75) is 26.3 Å². The van der Waals surface area contributed by atoms with Crippen LogP contribution in [0.4, 0.5) is 5.69 Å². The highest BCUT2D eigenvalue weighted by atomic mass is 32.2. The molecule has 4 heteroatoms. The summed E-state index contributed by atoms with van der Waals surface area (Å²) in [7, 11) is 0. The lowest BCUT2D eigenvalue weighted by Crippen LogP contribution is -2.36.